The molecule has 0 aliphatic carbocycles. The SMILES string of the molecule is CC(=O)/C=C(/C)[O-].O.O.O.O.[Ni+2]. The van der Waals surface area contributed by atoms with E-state index in [1.807, 2.05) is 0 Å². The van der Waals surface area contributed by atoms with Crippen LogP contribution in [-0.2, 0) is 21.3 Å². The van der Waals surface area contributed by atoms with Gasteiger partial charge in [0.1, 0.15) is 0 Å². The summed E-state index contributed by atoms with van der Waals surface area (Å²) in [6.07, 6.45) is 1.06. The Morgan fingerprint density at radius 3 is 1.33 bits per heavy atom. The third kappa shape index (κ3) is 55.5. The second-order valence-electron chi connectivity index (χ2n) is 1.37. The normalized spacial score (nSPS) is 6.67. The van der Waals surface area contributed by atoms with Crippen molar-refractivity contribution in [2.75, 3.05) is 0 Å². The average molecular weight is 230 g/mol. The number of rotatable bonds is 1. The third-order valence-corrected chi connectivity index (χ3v) is 0.407. The quantitative estimate of drug-likeness (QED) is 0.259. The molecule has 0 saturated heterocycles. The van der Waals surface area contributed by atoms with Gasteiger partial charge in [0.25, 0.3) is 0 Å². The van der Waals surface area contributed by atoms with Crippen LogP contribution < -0.4 is 5.11 Å². The first-order valence-corrected chi connectivity index (χ1v) is 1.99. The van der Waals surface area contributed by atoms with Crippen LogP contribution in [0.2, 0.25) is 0 Å². The van der Waals surface area contributed by atoms with Crippen LogP contribution in [0, 0.1) is 0 Å². The summed E-state index contributed by atoms with van der Waals surface area (Å²) in [5.41, 5.74) is 0. The predicted octanol–water partition coefficient (Wildman–Crippen LogP) is -3.46. The Balaban J connectivity index is -0.0000000180. The minimum atomic E-state index is -0.187. The molecule has 0 aromatic heterocycles. The molecule has 7 heteroatoms. The molecule has 0 saturated carbocycles. The maximum absolute atomic E-state index is 9.98. The number of hydrogen-bond donors (Lipinski definition) is 0. The largest absolute Gasteiger partial charge is 2.00 e. The first-order valence-electron chi connectivity index (χ1n) is 1.99. The van der Waals surface area contributed by atoms with Gasteiger partial charge in [0.15, 0.2) is 5.78 Å². The van der Waals surface area contributed by atoms with Crippen molar-refractivity contribution in [3.63, 3.8) is 0 Å². The zero-order valence-electron chi connectivity index (χ0n) is 6.71. The predicted molar refractivity (Wildman–Crippen MR) is 38.9 cm³/mol. The maximum Gasteiger partial charge on any atom is 2.00 e. The number of allylic oxidation sites excluding steroid dienone is 2. The third-order valence-electron chi connectivity index (χ3n) is 0.407. The molecule has 0 aliphatic rings. The average Bonchev–Trinajstić information content (AvgIpc) is 1.27. The molecule has 0 rings (SSSR count). The van der Waals surface area contributed by atoms with Gasteiger partial charge in [0.05, 0.1) is 0 Å². The molecular weight excluding hydrogens is 215 g/mol. The summed E-state index contributed by atoms with van der Waals surface area (Å²) in [5, 5.41) is 9.98. The number of carbonyl (C=O) groups excluding carboxylic acids is 1. The van der Waals surface area contributed by atoms with Crippen LogP contribution in [0.5, 0.6) is 0 Å². The van der Waals surface area contributed by atoms with Crippen LogP contribution >= 0.6 is 0 Å². The topological polar surface area (TPSA) is 166 Å². The summed E-state index contributed by atoms with van der Waals surface area (Å²) in [5.74, 6) is -0.375. The molecule has 8 N–H and O–H groups in total. The van der Waals surface area contributed by atoms with Crippen LogP contribution in [0.15, 0.2) is 11.8 Å². The molecule has 0 radical (unpaired) electrons. The van der Waals surface area contributed by atoms with Crippen molar-refractivity contribution in [3.05, 3.63) is 11.8 Å². The van der Waals surface area contributed by atoms with Crippen LogP contribution in [0.25, 0.3) is 0 Å². The molecular formula is C5H15NiO6+. The van der Waals surface area contributed by atoms with Gasteiger partial charge >= 0.3 is 16.5 Å². The molecule has 0 amide bonds. The molecule has 0 spiro atoms. The van der Waals surface area contributed by atoms with Crippen LogP contribution in [0.3, 0.4) is 0 Å². The van der Waals surface area contributed by atoms with Gasteiger partial charge in [-0.2, -0.15) is 0 Å². The molecule has 0 fully saturated rings. The fourth-order valence-electron chi connectivity index (χ4n) is 0.286. The zero-order chi connectivity index (χ0) is 5.86. The monoisotopic (exact) mass is 229 g/mol. The summed E-state index contributed by atoms with van der Waals surface area (Å²) in [7, 11) is 0. The Kier molecular flexibility index (Phi) is 78.0. The number of ketones is 1. The Morgan fingerprint density at radius 2 is 1.33 bits per heavy atom. The fraction of sp³-hybridized carbons (Fsp3) is 0.400. The molecule has 6 nitrogen and oxygen atoms in total. The van der Waals surface area contributed by atoms with E-state index in [0.29, 0.717) is 0 Å². The fourth-order valence-corrected chi connectivity index (χ4v) is 0.286. The molecule has 0 heterocycles. The minimum Gasteiger partial charge on any atom is -0.876 e. The van der Waals surface area contributed by atoms with Crippen molar-refractivity contribution in [3.8, 4) is 0 Å². The van der Waals surface area contributed by atoms with Crippen LogP contribution in [0.1, 0.15) is 13.8 Å². The van der Waals surface area contributed by atoms with Gasteiger partial charge in [-0.15, -0.1) is 5.76 Å². The molecule has 0 bridgehead atoms. The molecule has 0 aromatic rings. The molecule has 0 unspecified atom stereocenters. The van der Waals surface area contributed by atoms with E-state index in [1.54, 1.807) is 0 Å². The summed E-state index contributed by atoms with van der Waals surface area (Å²) in [6, 6.07) is 0. The van der Waals surface area contributed by atoms with E-state index in [4.69, 9.17) is 0 Å². The Hall–Kier alpha value is -0.456. The van der Waals surface area contributed by atoms with E-state index in [-0.39, 0.29) is 49.9 Å². The molecule has 0 aromatic carbocycles. The van der Waals surface area contributed by atoms with E-state index in [1.165, 1.54) is 13.8 Å². The molecule has 80 valence electrons. The molecule has 0 aliphatic heterocycles. The van der Waals surface area contributed by atoms with E-state index >= 15 is 0 Å². The van der Waals surface area contributed by atoms with Crippen molar-refractivity contribution in [2.45, 2.75) is 13.8 Å². The van der Waals surface area contributed by atoms with Crippen LogP contribution in [-0.4, -0.2) is 27.7 Å². The summed E-state index contributed by atoms with van der Waals surface area (Å²) >= 11 is 0. The Morgan fingerprint density at radius 1 is 1.08 bits per heavy atom. The second kappa shape index (κ2) is 22.4. The molecule has 0 atom stereocenters. The van der Waals surface area contributed by atoms with E-state index in [9.17, 15) is 9.90 Å². The summed E-state index contributed by atoms with van der Waals surface area (Å²) < 4.78 is 0. The van der Waals surface area contributed by atoms with Gasteiger partial charge in [-0.3, -0.25) is 4.79 Å². The summed E-state index contributed by atoms with van der Waals surface area (Å²) in [6.45, 7) is 2.70. The van der Waals surface area contributed by atoms with E-state index < -0.39 is 0 Å². The van der Waals surface area contributed by atoms with Gasteiger partial charge in [-0.1, -0.05) is 6.92 Å². The van der Waals surface area contributed by atoms with Crippen molar-refractivity contribution < 1.29 is 48.3 Å². The van der Waals surface area contributed by atoms with Crippen molar-refractivity contribution in [1.29, 1.82) is 0 Å². The zero-order valence-corrected chi connectivity index (χ0v) is 7.70. The Bertz CT molecular complexity index is 109. The second-order valence-corrected chi connectivity index (χ2v) is 1.37. The van der Waals surface area contributed by atoms with Crippen LogP contribution in [0.4, 0.5) is 0 Å². The molecule has 12 heavy (non-hydrogen) atoms. The van der Waals surface area contributed by atoms with E-state index in [0.717, 1.165) is 6.08 Å². The summed E-state index contributed by atoms with van der Waals surface area (Å²) in [4.78, 5) is 9.98. The van der Waals surface area contributed by atoms with Crippen molar-refractivity contribution >= 4 is 5.78 Å². The van der Waals surface area contributed by atoms with Gasteiger partial charge in [0.2, 0.25) is 0 Å². The van der Waals surface area contributed by atoms with Gasteiger partial charge < -0.3 is 27.0 Å². The van der Waals surface area contributed by atoms with Crippen molar-refractivity contribution in [2.24, 2.45) is 0 Å². The van der Waals surface area contributed by atoms with Gasteiger partial charge in [-0.25, -0.2) is 0 Å². The smallest absolute Gasteiger partial charge is 0.876 e. The first-order chi connectivity index (χ1) is 3.13. The van der Waals surface area contributed by atoms with Gasteiger partial charge in [0, 0.05) is 0 Å². The maximum atomic E-state index is 9.98. The Labute approximate surface area is 80.4 Å². The first kappa shape index (κ1) is 41.8. The van der Waals surface area contributed by atoms with E-state index in [2.05, 4.69) is 0 Å². The minimum absolute atomic E-state index is 0. The number of carbonyl (C=O) groups is 1. The van der Waals surface area contributed by atoms with Gasteiger partial charge in [-0.05, 0) is 13.0 Å². The number of hydrogen-bond acceptors (Lipinski definition) is 2. The standard InChI is InChI=1S/C5H8O2.Ni.4H2O/c1-4(6)3-5(2)7;;;;;/h3,6H,1-2H3;;4*1H2/q;+2;;;;/p-1/b4-3-;;;;;. The van der Waals surface area contributed by atoms with Crippen molar-refractivity contribution in [1.82, 2.24) is 0 Å².